The predicted octanol–water partition coefficient (Wildman–Crippen LogP) is 4.15. The number of fused-ring (bicyclic) bond motifs is 1. The van der Waals surface area contributed by atoms with E-state index < -0.39 is 0 Å². The van der Waals surface area contributed by atoms with Gasteiger partial charge in [-0.25, -0.2) is 4.98 Å². The predicted molar refractivity (Wildman–Crippen MR) is 76.3 cm³/mol. The highest BCUT2D eigenvalue weighted by Crippen LogP contribution is 2.30. The van der Waals surface area contributed by atoms with Gasteiger partial charge in [-0.15, -0.1) is 0 Å². The van der Waals surface area contributed by atoms with Crippen LogP contribution in [0.2, 0.25) is 0 Å². The molecule has 2 aromatic carbocycles. The standard InChI is InChI=1S/C14H11BrN2O/c1-8-7-9(15)5-6-10(8)14-17-13-11(16)3-2-4-12(13)18-14/h2-7H,16H2,1H3. The van der Waals surface area contributed by atoms with Crippen LogP contribution in [0.25, 0.3) is 22.6 Å². The summed E-state index contributed by atoms with van der Waals surface area (Å²) in [5.74, 6) is 0.605. The molecule has 0 unspecified atom stereocenters. The fourth-order valence-electron chi connectivity index (χ4n) is 1.95. The molecule has 1 aromatic heterocycles. The minimum atomic E-state index is 0.605. The number of anilines is 1. The number of aryl methyl sites for hydroxylation is 1. The summed E-state index contributed by atoms with van der Waals surface area (Å²) < 4.78 is 6.79. The zero-order chi connectivity index (χ0) is 12.7. The number of aromatic nitrogens is 1. The molecule has 3 rings (SSSR count). The summed E-state index contributed by atoms with van der Waals surface area (Å²) in [6.45, 7) is 2.03. The van der Waals surface area contributed by atoms with Crippen LogP contribution in [-0.2, 0) is 0 Å². The second-order valence-electron chi connectivity index (χ2n) is 4.17. The maximum atomic E-state index is 5.88. The molecule has 0 atom stereocenters. The summed E-state index contributed by atoms with van der Waals surface area (Å²) in [6, 6.07) is 11.6. The van der Waals surface area contributed by atoms with E-state index in [2.05, 4.69) is 20.9 Å². The van der Waals surface area contributed by atoms with Gasteiger partial charge in [0.1, 0.15) is 5.52 Å². The summed E-state index contributed by atoms with van der Waals surface area (Å²) in [6.07, 6.45) is 0. The van der Waals surface area contributed by atoms with Gasteiger partial charge >= 0.3 is 0 Å². The number of benzene rings is 2. The molecule has 0 aliphatic rings. The zero-order valence-electron chi connectivity index (χ0n) is 9.77. The van der Waals surface area contributed by atoms with Crippen molar-refractivity contribution < 1.29 is 4.42 Å². The first-order valence-corrected chi connectivity index (χ1v) is 6.36. The van der Waals surface area contributed by atoms with E-state index in [0.29, 0.717) is 17.2 Å². The van der Waals surface area contributed by atoms with Crippen LogP contribution >= 0.6 is 15.9 Å². The number of nitrogens with two attached hydrogens (primary N) is 1. The highest BCUT2D eigenvalue weighted by Gasteiger charge is 2.12. The molecule has 1 heterocycles. The van der Waals surface area contributed by atoms with Gasteiger partial charge in [0, 0.05) is 10.0 Å². The molecule has 0 aliphatic heterocycles. The summed E-state index contributed by atoms with van der Waals surface area (Å²) in [7, 11) is 0. The summed E-state index contributed by atoms with van der Waals surface area (Å²) in [5.41, 5.74) is 10.0. The summed E-state index contributed by atoms with van der Waals surface area (Å²) in [4.78, 5) is 4.47. The van der Waals surface area contributed by atoms with Crippen molar-refractivity contribution in [3.8, 4) is 11.5 Å². The molecule has 90 valence electrons. The Kier molecular flexibility index (Phi) is 2.59. The van der Waals surface area contributed by atoms with Crippen LogP contribution in [-0.4, -0.2) is 4.98 Å². The van der Waals surface area contributed by atoms with Crippen molar-refractivity contribution >= 4 is 32.7 Å². The summed E-state index contributed by atoms with van der Waals surface area (Å²) >= 11 is 3.44. The van der Waals surface area contributed by atoms with Crippen molar-refractivity contribution in [2.24, 2.45) is 0 Å². The number of hydrogen-bond acceptors (Lipinski definition) is 3. The Morgan fingerprint density at radius 3 is 2.78 bits per heavy atom. The van der Waals surface area contributed by atoms with Crippen LogP contribution in [0.15, 0.2) is 45.3 Å². The molecule has 18 heavy (non-hydrogen) atoms. The first-order valence-electron chi connectivity index (χ1n) is 5.57. The second kappa shape index (κ2) is 4.14. The maximum absolute atomic E-state index is 5.88. The molecule has 0 saturated heterocycles. The van der Waals surface area contributed by atoms with Crippen LogP contribution in [0, 0.1) is 6.92 Å². The Morgan fingerprint density at radius 1 is 1.22 bits per heavy atom. The third-order valence-corrected chi connectivity index (χ3v) is 3.36. The van der Waals surface area contributed by atoms with E-state index in [0.717, 1.165) is 21.1 Å². The highest BCUT2D eigenvalue weighted by atomic mass is 79.9. The first kappa shape index (κ1) is 11.3. The van der Waals surface area contributed by atoms with Crippen LogP contribution in [0.3, 0.4) is 0 Å². The number of oxazole rings is 1. The minimum Gasteiger partial charge on any atom is -0.436 e. The molecule has 4 heteroatoms. The molecular weight excluding hydrogens is 292 g/mol. The number of para-hydroxylation sites is 1. The van der Waals surface area contributed by atoms with E-state index in [1.807, 2.05) is 43.3 Å². The number of nitrogens with zero attached hydrogens (tertiary/aromatic N) is 1. The molecule has 0 bridgehead atoms. The Hall–Kier alpha value is -1.81. The van der Waals surface area contributed by atoms with E-state index in [1.54, 1.807) is 0 Å². The lowest BCUT2D eigenvalue weighted by Crippen LogP contribution is -1.86. The van der Waals surface area contributed by atoms with Gasteiger partial charge in [0.25, 0.3) is 0 Å². The molecular formula is C14H11BrN2O. The molecule has 2 N–H and O–H groups in total. The lowest BCUT2D eigenvalue weighted by atomic mass is 10.1. The average molecular weight is 303 g/mol. The van der Waals surface area contributed by atoms with Gasteiger partial charge in [-0.1, -0.05) is 22.0 Å². The lowest BCUT2D eigenvalue weighted by Gasteiger charge is -2.01. The molecule has 0 spiro atoms. The molecule has 0 aliphatic carbocycles. The third kappa shape index (κ3) is 1.78. The summed E-state index contributed by atoms with van der Waals surface area (Å²) in [5, 5.41) is 0. The highest BCUT2D eigenvalue weighted by molar-refractivity contribution is 9.10. The SMILES string of the molecule is Cc1cc(Br)ccc1-c1nc2c(N)cccc2o1. The third-order valence-electron chi connectivity index (χ3n) is 2.87. The van der Waals surface area contributed by atoms with Crippen LogP contribution in [0.1, 0.15) is 5.56 Å². The zero-order valence-corrected chi connectivity index (χ0v) is 11.4. The van der Waals surface area contributed by atoms with E-state index in [-0.39, 0.29) is 0 Å². The largest absolute Gasteiger partial charge is 0.436 e. The van der Waals surface area contributed by atoms with Crippen LogP contribution in [0.5, 0.6) is 0 Å². The monoisotopic (exact) mass is 302 g/mol. The Morgan fingerprint density at radius 2 is 2.06 bits per heavy atom. The van der Waals surface area contributed by atoms with E-state index in [1.165, 1.54) is 0 Å². The van der Waals surface area contributed by atoms with E-state index in [4.69, 9.17) is 10.2 Å². The van der Waals surface area contributed by atoms with Gasteiger partial charge in [-0.2, -0.15) is 0 Å². The molecule has 3 nitrogen and oxygen atoms in total. The number of hydrogen-bond donors (Lipinski definition) is 1. The van der Waals surface area contributed by atoms with Crippen LogP contribution in [0.4, 0.5) is 5.69 Å². The fourth-order valence-corrected chi connectivity index (χ4v) is 2.43. The lowest BCUT2D eigenvalue weighted by molar-refractivity contribution is 0.619. The number of nitrogen functional groups attached to an aromatic ring is 1. The quantitative estimate of drug-likeness (QED) is 0.687. The van der Waals surface area contributed by atoms with Crippen molar-refractivity contribution in [1.82, 2.24) is 4.98 Å². The van der Waals surface area contributed by atoms with Crippen molar-refractivity contribution in [3.05, 3.63) is 46.4 Å². The maximum Gasteiger partial charge on any atom is 0.227 e. The van der Waals surface area contributed by atoms with Gasteiger partial charge in [-0.3, -0.25) is 0 Å². The molecule has 0 saturated carbocycles. The van der Waals surface area contributed by atoms with E-state index in [9.17, 15) is 0 Å². The van der Waals surface area contributed by atoms with Crippen molar-refractivity contribution in [2.75, 3.05) is 5.73 Å². The average Bonchev–Trinajstić information content (AvgIpc) is 2.74. The number of rotatable bonds is 1. The Labute approximate surface area is 113 Å². The second-order valence-corrected chi connectivity index (χ2v) is 5.09. The first-order chi connectivity index (χ1) is 8.65. The van der Waals surface area contributed by atoms with Gasteiger partial charge < -0.3 is 10.2 Å². The fraction of sp³-hybridized carbons (Fsp3) is 0.0714. The molecule has 0 amide bonds. The van der Waals surface area contributed by atoms with Crippen molar-refractivity contribution in [3.63, 3.8) is 0 Å². The normalized spacial score (nSPS) is 11.0. The van der Waals surface area contributed by atoms with Crippen molar-refractivity contribution in [1.29, 1.82) is 0 Å². The van der Waals surface area contributed by atoms with Crippen molar-refractivity contribution in [2.45, 2.75) is 6.92 Å². The molecule has 0 fully saturated rings. The smallest absolute Gasteiger partial charge is 0.227 e. The molecule has 3 aromatic rings. The Balaban J connectivity index is 2.23. The van der Waals surface area contributed by atoms with Gasteiger partial charge in [0.15, 0.2) is 5.58 Å². The topological polar surface area (TPSA) is 52.0 Å². The molecule has 0 radical (unpaired) electrons. The van der Waals surface area contributed by atoms with Gasteiger partial charge in [0.05, 0.1) is 5.69 Å². The van der Waals surface area contributed by atoms with Gasteiger partial charge in [-0.05, 0) is 42.8 Å². The number of halogens is 1. The van der Waals surface area contributed by atoms with Gasteiger partial charge in [0.2, 0.25) is 5.89 Å². The minimum absolute atomic E-state index is 0.605. The van der Waals surface area contributed by atoms with E-state index >= 15 is 0 Å². The Bertz CT molecular complexity index is 734. The van der Waals surface area contributed by atoms with Crippen LogP contribution < -0.4 is 5.73 Å².